The third-order valence-electron chi connectivity index (χ3n) is 2.48. The van der Waals surface area contributed by atoms with Crippen LogP contribution >= 0.6 is 27.7 Å². The standard InChI is InChI=1S/C10H14BrN3S/c1-2-9-7-14(3-4-15-9)10-12-5-8(11)6-13-10/h5-6,9H,2-4,7H2,1H3. The Kier molecular flexibility index (Phi) is 3.86. The molecule has 0 aromatic carbocycles. The summed E-state index contributed by atoms with van der Waals surface area (Å²) in [5.74, 6) is 2.04. The molecule has 0 bridgehead atoms. The predicted octanol–water partition coefficient (Wildman–Crippen LogP) is 2.57. The Morgan fingerprint density at radius 1 is 1.53 bits per heavy atom. The van der Waals surface area contributed by atoms with Gasteiger partial charge in [0, 0.05) is 36.5 Å². The summed E-state index contributed by atoms with van der Waals surface area (Å²) < 4.78 is 0.935. The zero-order valence-corrected chi connectivity index (χ0v) is 11.1. The Bertz CT molecular complexity index is 317. The van der Waals surface area contributed by atoms with E-state index in [1.807, 2.05) is 12.4 Å². The molecule has 2 rings (SSSR count). The molecule has 82 valence electrons. The van der Waals surface area contributed by atoms with Crippen molar-refractivity contribution in [1.29, 1.82) is 0 Å². The molecule has 1 saturated heterocycles. The summed E-state index contributed by atoms with van der Waals surface area (Å²) in [5.41, 5.74) is 0. The van der Waals surface area contributed by atoms with Crippen molar-refractivity contribution in [1.82, 2.24) is 9.97 Å². The van der Waals surface area contributed by atoms with E-state index in [0.29, 0.717) is 0 Å². The Morgan fingerprint density at radius 2 is 2.27 bits per heavy atom. The molecule has 0 radical (unpaired) electrons. The molecule has 0 aliphatic carbocycles. The number of halogens is 1. The van der Waals surface area contributed by atoms with Gasteiger partial charge in [-0.3, -0.25) is 0 Å². The van der Waals surface area contributed by atoms with E-state index in [-0.39, 0.29) is 0 Å². The molecule has 2 heterocycles. The molecule has 0 saturated carbocycles. The number of rotatable bonds is 2. The van der Waals surface area contributed by atoms with Crippen LogP contribution < -0.4 is 4.90 Å². The molecule has 1 aromatic heterocycles. The SMILES string of the molecule is CCC1CN(c2ncc(Br)cn2)CCS1. The van der Waals surface area contributed by atoms with Crippen LogP contribution in [0, 0.1) is 0 Å². The first-order valence-corrected chi connectivity index (χ1v) is 6.98. The van der Waals surface area contributed by atoms with Crippen LogP contribution in [-0.4, -0.2) is 34.1 Å². The van der Waals surface area contributed by atoms with E-state index in [2.05, 4.69) is 49.5 Å². The van der Waals surface area contributed by atoms with Crippen LogP contribution in [0.3, 0.4) is 0 Å². The highest BCUT2D eigenvalue weighted by Crippen LogP contribution is 2.23. The average Bonchev–Trinajstić information content (AvgIpc) is 2.30. The minimum absolute atomic E-state index is 0.728. The van der Waals surface area contributed by atoms with Gasteiger partial charge in [0.25, 0.3) is 0 Å². The largest absolute Gasteiger partial charge is 0.339 e. The Hall–Kier alpha value is -0.290. The lowest BCUT2D eigenvalue weighted by Crippen LogP contribution is -2.38. The Morgan fingerprint density at radius 3 is 2.93 bits per heavy atom. The number of hydrogen-bond acceptors (Lipinski definition) is 4. The van der Waals surface area contributed by atoms with Crippen molar-refractivity contribution >= 4 is 33.6 Å². The number of nitrogens with zero attached hydrogens (tertiary/aromatic N) is 3. The monoisotopic (exact) mass is 287 g/mol. The fourth-order valence-corrected chi connectivity index (χ4v) is 3.00. The minimum Gasteiger partial charge on any atom is -0.339 e. The smallest absolute Gasteiger partial charge is 0.225 e. The summed E-state index contributed by atoms with van der Waals surface area (Å²) in [4.78, 5) is 10.9. The molecule has 3 nitrogen and oxygen atoms in total. The summed E-state index contributed by atoms with van der Waals surface area (Å²) in [5, 5.41) is 0.728. The number of thioether (sulfide) groups is 1. The van der Waals surface area contributed by atoms with Gasteiger partial charge in [0.1, 0.15) is 0 Å². The van der Waals surface area contributed by atoms with Crippen molar-refractivity contribution in [3.05, 3.63) is 16.9 Å². The fourth-order valence-electron chi connectivity index (χ4n) is 1.62. The van der Waals surface area contributed by atoms with Crippen molar-refractivity contribution in [3.63, 3.8) is 0 Å². The third kappa shape index (κ3) is 2.84. The van der Waals surface area contributed by atoms with Gasteiger partial charge in [0.15, 0.2) is 0 Å². The number of anilines is 1. The van der Waals surface area contributed by atoms with Gasteiger partial charge in [-0.2, -0.15) is 11.8 Å². The van der Waals surface area contributed by atoms with Crippen LogP contribution in [0.5, 0.6) is 0 Å². The van der Waals surface area contributed by atoms with Crippen LogP contribution in [0.25, 0.3) is 0 Å². The van der Waals surface area contributed by atoms with E-state index >= 15 is 0 Å². The molecule has 5 heteroatoms. The predicted molar refractivity (Wildman–Crippen MR) is 68.5 cm³/mol. The van der Waals surface area contributed by atoms with Gasteiger partial charge in [-0.25, -0.2) is 9.97 Å². The van der Waals surface area contributed by atoms with Crippen molar-refractivity contribution in [2.75, 3.05) is 23.7 Å². The van der Waals surface area contributed by atoms with Gasteiger partial charge < -0.3 is 4.90 Å². The van der Waals surface area contributed by atoms with Gasteiger partial charge in [0.2, 0.25) is 5.95 Å². The molecule has 1 aromatic rings. The summed E-state index contributed by atoms with van der Waals surface area (Å²) in [7, 11) is 0. The molecule has 0 N–H and O–H groups in total. The second-order valence-corrected chi connectivity index (χ2v) is 5.87. The van der Waals surface area contributed by atoms with Crippen molar-refractivity contribution in [3.8, 4) is 0 Å². The van der Waals surface area contributed by atoms with Crippen molar-refractivity contribution in [2.24, 2.45) is 0 Å². The highest BCUT2D eigenvalue weighted by atomic mass is 79.9. The van der Waals surface area contributed by atoms with Gasteiger partial charge >= 0.3 is 0 Å². The normalized spacial score (nSPS) is 21.7. The quantitative estimate of drug-likeness (QED) is 0.836. The Balaban J connectivity index is 2.06. The zero-order chi connectivity index (χ0) is 10.7. The maximum Gasteiger partial charge on any atom is 0.225 e. The van der Waals surface area contributed by atoms with Crippen molar-refractivity contribution in [2.45, 2.75) is 18.6 Å². The van der Waals surface area contributed by atoms with Crippen LogP contribution in [0.15, 0.2) is 16.9 Å². The fraction of sp³-hybridized carbons (Fsp3) is 0.600. The molecule has 1 aliphatic heterocycles. The second kappa shape index (κ2) is 5.16. The van der Waals surface area contributed by atoms with Gasteiger partial charge in [-0.15, -0.1) is 0 Å². The van der Waals surface area contributed by atoms with Gasteiger partial charge in [-0.1, -0.05) is 6.92 Å². The lowest BCUT2D eigenvalue weighted by Gasteiger charge is -2.31. The summed E-state index contributed by atoms with van der Waals surface area (Å²) in [6, 6.07) is 0. The van der Waals surface area contributed by atoms with Crippen molar-refractivity contribution < 1.29 is 0 Å². The first-order chi connectivity index (χ1) is 7.29. The van der Waals surface area contributed by atoms with E-state index in [9.17, 15) is 0 Å². The van der Waals surface area contributed by atoms with Gasteiger partial charge in [-0.05, 0) is 22.4 Å². The van der Waals surface area contributed by atoms with Crippen LogP contribution in [0.4, 0.5) is 5.95 Å². The molecule has 0 amide bonds. The first kappa shape index (κ1) is 11.2. The molecular formula is C10H14BrN3S. The maximum absolute atomic E-state index is 4.33. The van der Waals surface area contributed by atoms with E-state index < -0.39 is 0 Å². The molecular weight excluding hydrogens is 274 g/mol. The maximum atomic E-state index is 4.33. The summed E-state index contributed by atoms with van der Waals surface area (Å²) >= 11 is 5.41. The van der Waals surface area contributed by atoms with Crippen LogP contribution in [0.2, 0.25) is 0 Å². The molecule has 1 atom stereocenters. The topological polar surface area (TPSA) is 29.0 Å². The third-order valence-corrected chi connectivity index (χ3v) is 4.27. The molecule has 15 heavy (non-hydrogen) atoms. The molecule has 1 unspecified atom stereocenters. The van der Waals surface area contributed by atoms with Crippen LogP contribution in [0.1, 0.15) is 13.3 Å². The lowest BCUT2D eigenvalue weighted by molar-refractivity contribution is 0.709. The lowest BCUT2D eigenvalue weighted by atomic mass is 10.3. The molecule has 1 aliphatic rings. The number of hydrogen-bond donors (Lipinski definition) is 0. The van der Waals surface area contributed by atoms with E-state index in [1.54, 1.807) is 0 Å². The second-order valence-electron chi connectivity index (χ2n) is 3.55. The molecule has 1 fully saturated rings. The van der Waals surface area contributed by atoms with E-state index in [1.165, 1.54) is 12.2 Å². The highest BCUT2D eigenvalue weighted by molar-refractivity contribution is 9.10. The summed E-state index contributed by atoms with van der Waals surface area (Å²) in [6.45, 7) is 4.37. The van der Waals surface area contributed by atoms with E-state index in [4.69, 9.17) is 0 Å². The Labute approximate surface area is 103 Å². The van der Waals surface area contributed by atoms with Crippen LogP contribution in [-0.2, 0) is 0 Å². The zero-order valence-electron chi connectivity index (χ0n) is 8.69. The average molecular weight is 288 g/mol. The molecule has 0 spiro atoms. The number of aromatic nitrogens is 2. The minimum atomic E-state index is 0.728. The van der Waals surface area contributed by atoms with E-state index in [0.717, 1.165) is 28.8 Å². The highest BCUT2D eigenvalue weighted by Gasteiger charge is 2.20. The first-order valence-electron chi connectivity index (χ1n) is 5.13. The van der Waals surface area contributed by atoms with Gasteiger partial charge in [0.05, 0.1) is 4.47 Å². The summed E-state index contributed by atoms with van der Waals surface area (Å²) in [6.07, 6.45) is 4.84.